The number of anilines is 2. The second-order valence-corrected chi connectivity index (χ2v) is 9.44. The third kappa shape index (κ3) is 7.07. The lowest BCUT2D eigenvalue weighted by atomic mass is 10.1. The maximum atomic E-state index is 12.2. The Bertz CT molecular complexity index is 1100. The van der Waals surface area contributed by atoms with Crippen LogP contribution < -0.4 is 16.0 Å². The van der Waals surface area contributed by atoms with Gasteiger partial charge in [-0.3, -0.25) is 4.79 Å². The van der Waals surface area contributed by atoms with Crippen LogP contribution in [0.1, 0.15) is 59.6 Å². The number of fused-ring (bicyclic) bond motifs is 1. The van der Waals surface area contributed by atoms with Crippen molar-refractivity contribution in [1.82, 2.24) is 19.5 Å². The lowest BCUT2D eigenvalue weighted by Crippen LogP contribution is -2.39. The van der Waals surface area contributed by atoms with E-state index in [1.54, 1.807) is 0 Å². The van der Waals surface area contributed by atoms with Crippen molar-refractivity contribution in [2.45, 2.75) is 72.6 Å². The van der Waals surface area contributed by atoms with Crippen LogP contribution in [0.25, 0.3) is 11.2 Å². The molecule has 198 valence electrons. The summed E-state index contributed by atoms with van der Waals surface area (Å²) in [4.78, 5) is 28.8. The highest BCUT2D eigenvalue weighted by Gasteiger charge is 2.22. The van der Waals surface area contributed by atoms with E-state index in [0.29, 0.717) is 12.5 Å². The normalized spacial score (nSPS) is 12.9. The summed E-state index contributed by atoms with van der Waals surface area (Å²) in [6.45, 7) is 13.8. The van der Waals surface area contributed by atoms with Gasteiger partial charge in [0.25, 0.3) is 0 Å². The summed E-state index contributed by atoms with van der Waals surface area (Å²) >= 11 is 0. The minimum absolute atomic E-state index is 0. The van der Waals surface area contributed by atoms with Crippen LogP contribution in [0.15, 0.2) is 36.7 Å². The lowest BCUT2D eigenvalue weighted by molar-refractivity contribution is -0.146. The van der Waals surface area contributed by atoms with Gasteiger partial charge in [0.05, 0.1) is 12.4 Å². The molecule has 3 N–H and O–H groups in total. The fourth-order valence-corrected chi connectivity index (χ4v) is 3.70. The van der Waals surface area contributed by atoms with Crippen molar-refractivity contribution in [3.63, 3.8) is 0 Å². The van der Waals surface area contributed by atoms with Gasteiger partial charge >= 0.3 is 5.97 Å². The zero-order valence-electron chi connectivity index (χ0n) is 22.1. The molecule has 0 saturated heterocycles. The number of carbonyl (C=O) groups excluding carboxylic acids is 1. The fraction of sp³-hybridized carbons (Fsp3) is 0.538. The van der Waals surface area contributed by atoms with Crippen molar-refractivity contribution in [2.75, 3.05) is 23.4 Å². The molecule has 0 aliphatic heterocycles. The molecule has 0 fully saturated rings. The number of ether oxygens (including phenoxy) is 1. The SMILES string of the molecule is CC[C@H](COC(=O)[C@@H](N)C(C)C)Nc1nc(N(CC)Cc2ccccc2)c2ncn(C(C)C)c2n1.Cl. The molecule has 2 heterocycles. The fourth-order valence-electron chi connectivity index (χ4n) is 3.70. The van der Waals surface area contributed by atoms with Gasteiger partial charge in [0.15, 0.2) is 17.0 Å². The van der Waals surface area contributed by atoms with Crippen LogP contribution in [0.5, 0.6) is 0 Å². The molecular weight excluding hydrogens is 478 g/mol. The topological polar surface area (TPSA) is 111 Å². The largest absolute Gasteiger partial charge is 0.462 e. The second-order valence-electron chi connectivity index (χ2n) is 9.44. The number of esters is 1. The van der Waals surface area contributed by atoms with Crippen LogP contribution in [0.4, 0.5) is 11.8 Å². The van der Waals surface area contributed by atoms with E-state index in [0.717, 1.165) is 29.9 Å². The molecule has 3 rings (SSSR count). The van der Waals surface area contributed by atoms with Gasteiger partial charge in [-0.25, -0.2) is 4.98 Å². The summed E-state index contributed by atoms with van der Waals surface area (Å²) in [7, 11) is 0. The molecule has 0 saturated carbocycles. The Morgan fingerprint density at radius 2 is 1.83 bits per heavy atom. The number of nitrogens with two attached hydrogens (primary N) is 1. The number of carbonyl (C=O) groups is 1. The number of hydrogen-bond acceptors (Lipinski definition) is 8. The molecule has 0 bridgehead atoms. The first-order valence-electron chi connectivity index (χ1n) is 12.5. The van der Waals surface area contributed by atoms with Crippen LogP contribution in [0.2, 0.25) is 0 Å². The number of benzene rings is 1. The van der Waals surface area contributed by atoms with Gasteiger partial charge < -0.3 is 25.3 Å². The van der Waals surface area contributed by atoms with E-state index in [9.17, 15) is 4.79 Å². The molecule has 0 aliphatic carbocycles. The predicted octanol–water partition coefficient (Wildman–Crippen LogP) is 4.57. The Labute approximate surface area is 220 Å². The summed E-state index contributed by atoms with van der Waals surface area (Å²) in [5.74, 6) is 0.884. The molecule has 0 amide bonds. The van der Waals surface area contributed by atoms with Crippen LogP contribution in [0.3, 0.4) is 0 Å². The standard InChI is InChI=1S/C26H39N7O2.ClH/c1-7-20(15-35-25(34)21(27)17(3)4)29-26-30-23(22-24(31-26)33(16-28-22)18(5)6)32(8-2)14-19-12-10-9-11-13-19;/h9-13,16-18,20-21H,7-8,14-15,27H2,1-6H3,(H,29,30,31);1H/t20-,21+;/m1./s1. The van der Waals surface area contributed by atoms with Crippen molar-refractivity contribution in [3.8, 4) is 0 Å². The molecule has 10 heteroatoms. The van der Waals surface area contributed by atoms with Crippen LogP contribution in [-0.4, -0.2) is 50.7 Å². The Hall–Kier alpha value is -2.91. The maximum absolute atomic E-state index is 12.2. The first-order valence-corrected chi connectivity index (χ1v) is 12.5. The number of nitrogens with zero attached hydrogens (tertiary/aromatic N) is 5. The van der Waals surface area contributed by atoms with Crippen molar-refractivity contribution in [3.05, 3.63) is 42.2 Å². The molecule has 0 radical (unpaired) electrons. The smallest absolute Gasteiger partial charge is 0.323 e. The van der Waals surface area contributed by atoms with Gasteiger partial charge in [-0.05, 0) is 38.7 Å². The van der Waals surface area contributed by atoms with Crippen LogP contribution >= 0.6 is 12.4 Å². The van der Waals surface area contributed by atoms with E-state index in [1.807, 2.05) is 49.9 Å². The van der Waals surface area contributed by atoms with E-state index in [2.05, 4.69) is 48.1 Å². The highest BCUT2D eigenvalue weighted by Crippen LogP contribution is 2.27. The third-order valence-corrected chi connectivity index (χ3v) is 6.10. The summed E-state index contributed by atoms with van der Waals surface area (Å²) in [6.07, 6.45) is 2.55. The zero-order chi connectivity index (χ0) is 25.5. The highest BCUT2D eigenvalue weighted by molar-refractivity contribution is 5.85. The molecule has 36 heavy (non-hydrogen) atoms. The average molecular weight is 518 g/mol. The van der Waals surface area contributed by atoms with Gasteiger partial charge in [-0.2, -0.15) is 9.97 Å². The van der Waals surface area contributed by atoms with Crippen molar-refractivity contribution in [1.29, 1.82) is 0 Å². The summed E-state index contributed by atoms with van der Waals surface area (Å²) in [6, 6.07) is 9.72. The summed E-state index contributed by atoms with van der Waals surface area (Å²) < 4.78 is 7.54. The van der Waals surface area contributed by atoms with Gasteiger partial charge in [-0.15, -0.1) is 12.4 Å². The molecular formula is C26H40ClN7O2. The number of imidazole rings is 1. The molecule has 0 unspecified atom stereocenters. The van der Waals surface area contributed by atoms with Crippen molar-refractivity contribution in [2.24, 2.45) is 11.7 Å². The maximum Gasteiger partial charge on any atom is 0.323 e. The van der Waals surface area contributed by atoms with Crippen molar-refractivity contribution >= 4 is 41.3 Å². The van der Waals surface area contributed by atoms with Gasteiger partial charge in [0.2, 0.25) is 5.95 Å². The molecule has 9 nitrogen and oxygen atoms in total. The number of hydrogen-bond donors (Lipinski definition) is 2. The van der Waals surface area contributed by atoms with E-state index in [4.69, 9.17) is 20.4 Å². The number of rotatable bonds is 12. The number of aromatic nitrogens is 4. The van der Waals surface area contributed by atoms with Gasteiger partial charge in [0, 0.05) is 19.1 Å². The monoisotopic (exact) mass is 517 g/mol. The lowest BCUT2D eigenvalue weighted by Gasteiger charge is -2.24. The molecule has 0 aliphatic rings. The molecule has 2 aromatic heterocycles. The predicted molar refractivity (Wildman–Crippen MR) is 148 cm³/mol. The summed E-state index contributed by atoms with van der Waals surface area (Å²) in [5, 5.41) is 3.38. The molecule has 0 spiro atoms. The minimum atomic E-state index is -0.636. The summed E-state index contributed by atoms with van der Waals surface area (Å²) in [5.41, 5.74) is 8.66. The Morgan fingerprint density at radius 1 is 1.14 bits per heavy atom. The Kier molecular flexibility index (Phi) is 10.9. The number of nitrogens with one attached hydrogen (secondary N) is 1. The van der Waals surface area contributed by atoms with E-state index in [-0.39, 0.29) is 37.0 Å². The van der Waals surface area contributed by atoms with Gasteiger partial charge in [0.1, 0.15) is 12.6 Å². The molecule has 3 aromatic rings. The Balaban J connectivity index is 0.00000456. The minimum Gasteiger partial charge on any atom is -0.462 e. The molecule has 2 atom stereocenters. The second kappa shape index (κ2) is 13.4. The average Bonchev–Trinajstić information content (AvgIpc) is 3.28. The number of halogens is 1. The first kappa shape index (κ1) is 29.3. The Morgan fingerprint density at radius 3 is 2.42 bits per heavy atom. The van der Waals surface area contributed by atoms with E-state index < -0.39 is 12.0 Å². The van der Waals surface area contributed by atoms with E-state index in [1.165, 1.54) is 5.56 Å². The first-order chi connectivity index (χ1) is 16.7. The quantitative estimate of drug-likeness (QED) is 0.336. The van der Waals surface area contributed by atoms with Crippen molar-refractivity contribution < 1.29 is 9.53 Å². The third-order valence-electron chi connectivity index (χ3n) is 6.10. The molecule has 1 aromatic carbocycles. The zero-order valence-corrected chi connectivity index (χ0v) is 23.0. The van der Waals surface area contributed by atoms with Crippen LogP contribution in [-0.2, 0) is 16.1 Å². The van der Waals surface area contributed by atoms with Gasteiger partial charge in [-0.1, -0.05) is 51.1 Å². The highest BCUT2D eigenvalue weighted by atomic mass is 35.5. The van der Waals surface area contributed by atoms with Crippen LogP contribution in [0, 0.1) is 5.92 Å². The van der Waals surface area contributed by atoms with E-state index >= 15 is 0 Å².